The summed E-state index contributed by atoms with van der Waals surface area (Å²) in [7, 11) is 1.59. The highest BCUT2D eigenvalue weighted by atomic mass is 16.5. The molecule has 1 rings (SSSR count). The van der Waals surface area contributed by atoms with Crippen molar-refractivity contribution in [2.24, 2.45) is 5.92 Å². The molecule has 1 aromatic rings. The maximum Gasteiger partial charge on any atom is 0.212 e. The molecule has 0 aliphatic heterocycles. The van der Waals surface area contributed by atoms with Crippen molar-refractivity contribution >= 4 is 6.29 Å². The molecular formula is C13H21NO2. The predicted molar refractivity (Wildman–Crippen MR) is 65.7 cm³/mol. The van der Waals surface area contributed by atoms with Crippen molar-refractivity contribution in [3.8, 4) is 5.88 Å². The number of rotatable bonds is 5. The average molecular weight is 223 g/mol. The van der Waals surface area contributed by atoms with Crippen LogP contribution in [0.3, 0.4) is 0 Å². The minimum absolute atomic E-state index is 0.377. The van der Waals surface area contributed by atoms with Gasteiger partial charge in [-0.1, -0.05) is 26.8 Å². The number of hydrogen-bond donors (Lipinski definition) is 0. The van der Waals surface area contributed by atoms with Crippen LogP contribution in [0.15, 0.2) is 18.3 Å². The minimum Gasteiger partial charge on any atom is -0.481 e. The van der Waals surface area contributed by atoms with Gasteiger partial charge in [0.25, 0.3) is 0 Å². The van der Waals surface area contributed by atoms with Crippen LogP contribution in [-0.4, -0.2) is 18.4 Å². The first-order chi connectivity index (χ1) is 7.76. The Bertz CT molecular complexity index is 282. The third kappa shape index (κ3) is 5.49. The summed E-state index contributed by atoms with van der Waals surface area (Å²) in [6, 6.07) is 3.82. The molecular weight excluding hydrogens is 202 g/mol. The summed E-state index contributed by atoms with van der Waals surface area (Å²) in [5.41, 5.74) is 1.14. The Morgan fingerprint density at radius 2 is 2.12 bits per heavy atom. The van der Waals surface area contributed by atoms with E-state index in [2.05, 4.69) is 11.9 Å². The smallest absolute Gasteiger partial charge is 0.212 e. The number of carbonyl (C=O) groups is 1. The van der Waals surface area contributed by atoms with Gasteiger partial charge in [0, 0.05) is 18.7 Å². The zero-order valence-electron chi connectivity index (χ0n) is 10.6. The lowest BCUT2D eigenvalue weighted by Gasteiger charge is -2.07. The molecule has 0 fully saturated rings. The maximum atomic E-state index is 10.3. The second-order valence-electron chi connectivity index (χ2n) is 3.42. The van der Waals surface area contributed by atoms with E-state index >= 15 is 0 Å². The SMILES string of the molecule is CC.COc1ccc(CC(C)CC=O)cn1. The Hall–Kier alpha value is -1.38. The number of methoxy groups -OCH3 is 1. The molecule has 16 heavy (non-hydrogen) atoms. The molecule has 1 unspecified atom stereocenters. The summed E-state index contributed by atoms with van der Waals surface area (Å²) in [5, 5.41) is 0. The van der Waals surface area contributed by atoms with Crippen LogP contribution in [0.5, 0.6) is 5.88 Å². The zero-order chi connectivity index (χ0) is 12.4. The molecule has 0 aromatic carbocycles. The van der Waals surface area contributed by atoms with E-state index in [1.807, 2.05) is 26.0 Å². The van der Waals surface area contributed by atoms with Crippen molar-refractivity contribution in [1.82, 2.24) is 4.98 Å². The Morgan fingerprint density at radius 1 is 1.44 bits per heavy atom. The molecule has 0 aliphatic carbocycles. The summed E-state index contributed by atoms with van der Waals surface area (Å²) in [5.74, 6) is 1.000. The van der Waals surface area contributed by atoms with Gasteiger partial charge in [0.1, 0.15) is 6.29 Å². The third-order valence-corrected chi connectivity index (χ3v) is 2.09. The van der Waals surface area contributed by atoms with Gasteiger partial charge in [-0.25, -0.2) is 4.98 Å². The summed E-state index contributed by atoms with van der Waals surface area (Å²) in [6.45, 7) is 6.05. The summed E-state index contributed by atoms with van der Waals surface area (Å²) in [4.78, 5) is 14.4. The fraction of sp³-hybridized carbons (Fsp3) is 0.538. The summed E-state index contributed by atoms with van der Waals surface area (Å²) < 4.78 is 4.95. The van der Waals surface area contributed by atoms with Gasteiger partial charge < -0.3 is 9.53 Å². The van der Waals surface area contributed by atoms with Crippen molar-refractivity contribution in [2.45, 2.75) is 33.6 Å². The van der Waals surface area contributed by atoms with E-state index in [4.69, 9.17) is 4.74 Å². The molecule has 0 saturated carbocycles. The predicted octanol–water partition coefficient (Wildman–Crippen LogP) is 2.88. The van der Waals surface area contributed by atoms with Crippen LogP contribution in [0.1, 0.15) is 32.8 Å². The van der Waals surface area contributed by atoms with E-state index in [0.29, 0.717) is 18.2 Å². The fourth-order valence-corrected chi connectivity index (χ4v) is 1.30. The standard InChI is InChI=1S/C11H15NO2.C2H6/c1-9(5-6-13)7-10-3-4-11(14-2)12-8-10;1-2/h3-4,6,8-9H,5,7H2,1-2H3;1-2H3. The van der Waals surface area contributed by atoms with E-state index in [1.165, 1.54) is 0 Å². The van der Waals surface area contributed by atoms with E-state index in [-0.39, 0.29) is 0 Å². The molecule has 1 aromatic heterocycles. The Kier molecular flexibility index (Phi) is 8.12. The van der Waals surface area contributed by atoms with Gasteiger partial charge in [-0.05, 0) is 17.9 Å². The second kappa shape index (κ2) is 8.89. The third-order valence-electron chi connectivity index (χ3n) is 2.09. The van der Waals surface area contributed by atoms with Gasteiger partial charge in [-0.15, -0.1) is 0 Å². The van der Waals surface area contributed by atoms with Crippen LogP contribution in [0.25, 0.3) is 0 Å². The van der Waals surface area contributed by atoms with Crippen LogP contribution >= 0.6 is 0 Å². The average Bonchev–Trinajstić information content (AvgIpc) is 2.33. The highest BCUT2D eigenvalue weighted by Gasteiger charge is 2.03. The number of aldehydes is 1. The first-order valence-electron chi connectivity index (χ1n) is 5.68. The number of aromatic nitrogens is 1. The number of carbonyl (C=O) groups excluding carboxylic acids is 1. The monoisotopic (exact) mass is 223 g/mol. The van der Waals surface area contributed by atoms with Crippen LogP contribution in [0.2, 0.25) is 0 Å². The molecule has 1 heterocycles. The quantitative estimate of drug-likeness (QED) is 0.720. The molecule has 90 valence electrons. The molecule has 3 heteroatoms. The first kappa shape index (κ1) is 14.6. The normalized spacial score (nSPS) is 11.0. The van der Waals surface area contributed by atoms with Gasteiger partial charge in [0.2, 0.25) is 5.88 Å². The lowest BCUT2D eigenvalue weighted by Crippen LogP contribution is -2.00. The van der Waals surface area contributed by atoms with Gasteiger partial charge in [-0.2, -0.15) is 0 Å². The number of nitrogens with zero attached hydrogens (tertiary/aromatic N) is 1. The molecule has 3 nitrogen and oxygen atoms in total. The molecule has 0 N–H and O–H groups in total. The topological polar surface area (TPSA) is 39.2 Å². The van der Waals surface area contributed by atoms with Crippen molar-refractivity contribution < 1.29 is 9.53 Å². The number of ether oxygens (including phenoxy) is 1. The highest BCUT2D eigenvalue weighted by molar-refractivity contribution is 5.49. The molecule has 0 aliphatic rings. The molecule has 0 amide bonds. The minimum atomic E-state index is 0.377. The van der Waals surface area contributed by atoms with Crippen molar-refractivity contribution in [3.05, 3.63) is 23.9 Å². The second-order valence-corrected chi connectivity index (χ2v) is 3.42. The van der Waals surface area contributed by atoms with Gasteiger partial charge in [0.15, 0.2) is 0 Å². The number of hydrogen-bond acceptors (Lipinski definition) is 3. The van der Waals surface area contributed by atoms with E-state index in [1.54, 1.807) is 13.3 Å². The molecule has 0 saturated heterocycles. The first-order valence-corrected chi connectivity index (χ1v) is 5.68. The maximum absolute atomic E-state index is 10.3. The van der Waals surface area contributed by atoms with E-state index in [9.17, 15) is 4.79 Å². The van der Waals surface area contributed by atoms with Gasteiger partial charge in [0.05, 0.1) is 7.11 Å². The van der Waals surface area contributed by atoms with Crippen molar-refractivity contribution in [1.29, 1.82) is 0 Å². The Balaban J connectivity index is 0.00000106. The van der Waals surface area contributed by atoms with Crippen LogP contribution in [-0.2, 0) is 11.2 Å². The Morgan fingerprint density at radius 3 is 2.56 bits per heavy atom. The lowest BCUT2D eigenvalue weighted by atomic mass is 10.0. The molecule has 1 atom stereocenters. The lowest BCUT2D eigenvalue weighted by molar-refractivity contribution is -0.108. The van der Waals surface area contributed by atoms with Crippen molar-refractivity contribution in [2.75, 3.05) is 7.11 Å². The van der Waals surface area contributed by atoms with Gasteiger partial charge >= 0.3 is 0 Å². The van der Waals surface area contributed by atoms with Crippen LogP contribution < -0.4 is 4.74 Å². The number of pyridine rings is 1. The molecule has 0 radical (unpaired) electrons. The fourth-order valence-electron chi connectivity index (χ4n) is 1.30. The zero-order valence-corrected chi connectivity index (χ0v) is 10.6. The van der Waals surface area contributed by atoms with Crippen LogP contribution in [0.4, 0.5) is 0 Å². The van der Waals surface area contributed by atoms with Crippen molar-refractivity contribution in [3.63, 3.8) is 0 Å². The molecule has 0 bridgehead atoms. The summed E-state index contributed by atoms with van der Waals surface area (Å²) in [6.07, 6.45) is 4.24. The van der Waals surface area contributed by atoms with E-state index in [0.717, 1.165) is 18.3 Å². The highest BCUT2D eigenvalue weighted by Crippen LogP contribution is 2.12. The largest absolute Gasteiger partial charge is 0.481 e. The van der Waals surface area contributed by atoms with E-state index < -0.39 is 0 Å². The molecule has 0 spiro atoms. The Labute approximate surface area is 97.9 Å². The van der Waals surface area contributed by atoms with Gasteiger partial charge in [-0.3, -0.25) is 0 Å². The van der Waals surface area contributed by atoms with Crippen LogP contribution in [0, 0.1) is 5.92 Å². The summed E-state index contributed by atoms with van der Waals surface area (Å²) >= 11 is 0.